The molecule has 4 heteroatoms. The summed E-state index contributed by atoms with van der Waals surface area (Å²) in [7, 11) is 0. The van der Waals surface area contributed by atoms with Crippen LogP contribution in [0.3, 0.4) is 0 Å². The van der Waals surface area contributed by atoms with E-state index in [1.807, 2.05) is 6.07 Å². The number of benzene rings is 1. The fraction of sp³-hybridized carbons (Fsp3) is 0.533. The van der Waals surface area contributed by atoms with Gasteiger partial charge < -0.3 is 10.3 Å². The molecule has 2 N–H and O–H groups in total. The minimum Gasteiger partial charge on any atom is -0.327 e. The Bertz CT molecular complexity index is 603. The molecule has 1 heterocycles. The summed E-state index contributed by atoms with van der Waals surface area (Å²) in [6, 6.07) is 5.32. The van der Waals surface area contributed by atoms with Gasteiger partial charge in [-0.2, -0.15) is 0 Å². The highest BCUT2D eigenvalue weighted by molar-refractivity contribution is 5.76. The first-order valence-electron chi connectivity index (χ1n) is 7.01. The molecule has 1 saturated carbocycles. The van der Waals surface area contributed by atoms with E-state index >= 15 is 0 Å². The summed E-state index contributed by atoms with van der Waals surface area (Å²) in [5.74, 6) is 1.10. The number of nitrogens with zero attached hydrogens (tertiary/aromatic N) is 2. The van der Waals surface area contributed by atoms with E-state index < -0.39 is 0 Å². The lowest BCUT2D eigenvalue weighted by atomic mass is 10.0. The Kier molecular flexibility index (Phi) is 3.05. The van der Waals surface area contributed by atoms with Gasteiger partial charge in [0.1, 0.15) is 11.6 Å². The number of nitrogens with two attached hydrogens (primary N) is 1. The van der Waals surface area contributed by atoms with Crippen LogP contribution >= 0.6 is 0 Å². The average molecular weight is 261 g/mol. The van der Waals surface area contributed by atoms with E-state index in [4.69, 9.17) is 5.73 Å². The van der Waals surface area contributed by atoms with Gasteiger partial charge in [-0.1, -0.05) is 6.42 Å². The second kappa shape index (κ2) is 4.60. The molecule has 2 unspecified atom stereocenters. The summed E-state index contributed by atoms with van der Waals surface area (Å²) < 4.78 is 15.6. The third kappa shape index (κ3) is 2.04. The van der Waals surface area contributed by atoms with Crippen LogP contribution in [-0.2, 0) is 0 Å². The number of fused-ring (bicyclic) bond motifs is 1. The van der Waals surface area contributed by atoms with Gasteiger partial charge in [0, 0.05) is 24.1 Å². The Hall–Kier alpha value is -1.42. The van der Waals surface area contributed by atoms with Crippen LogP contribution in [0.2, 0.25) is 0 Å². The SMILES string of the molecule is CC(C)n1c(C2CCCC2N)nc2cc(F)ccc21. The van der Waals surface area contributed by atoms with Crippen molar-refractivity contribution in [2.24, 2.45) is 5.73 Å². The predicted octanol–water partition coefficient (Wildman–Crippen LogP) is 3.35. The second-order valence-electron chi connectivity index (χ2n) is 5.77. The molecule has 0 bridgehead atoms. The first kappa shape index (κ1) is 12.6. The van der Waals surface area contributed by atoms with Crippen molar-refractivity contribution in [1.82, 2.24) is 9.55 Å². The molecule has 0 spiro atoms. The molecule has 0 radical (unpaired) electrons. The van der Waals surface area contributed by atoms with Crippen molar-refractivity contribution in [2.75, 3.05) is 0 Å². The maximum atomic E-state index is 13.4. The van der Waals surface area contributed by atoms with Crippen molar-refractivity contribution in [3.05, 3.63) is 29.8 Å². The van der Waals surface area contributed by atoms with E-state index in [0.29, 0.717) is 12.0 Å². The lowest BCUT2D eigenvalue weighted by molar-refractivity contribution is 0.510. The van der Waals surface area contributed by atoms with E-state index in [-0.39, 0.29) is 11.9 Å². The van der Waals surface area contributed by atoms with Crippen molar-refractivity contribution < 1.29 is 4.39 Å². The van der Waals surface area contributed by atoms with Crippen molar-refractivity contribution in [3.8, 4) is 0 Å². The quantitative estimate of drug-likeness (QED) is 0.901. The predicted molar refractivity (Wildman–Crippen MR) is 74.6 cm³/mol. The fourth-order valence-corrected chi connectivity index (χ4v) is 3.20. The summed E-state index contributed by atoms with van der Waals surface area (Å²) in [6.07, 6.45) is 3.29. The van der Waals surface area contributed by atoms with Gasteiger partial charge in [0.05, 0.1) is 11.0 Å². The van der Waals surface area contributed by atoms with Crippen LogP contribution in [-0.4, -0.2) is 15.6 Å². The zero-order valence-electron chi connectivity index (χ0n) is 11.4. The average Bonchev–Trinajstić information content (AvgIpc) is 2.91. The molecular weight excluding hydrogens is 241 g/mol. The second-order valence-corrected chi connectivity index (χ2v) is 5.77. The van der Waals surface area contributed by atoms with Crippen molar-refractivity contribution in [2.45, 2.75) is 51.1 Å². The van der Waals surface area contributed by atoms with Crippen molar-refractivity contribution in [1.29, 1.82) is 0 Å². The molecule has 2 atom stereocenters. The van der Waals surface area contributed by atoms with Crippen LogP contribution in [0.5, 0.6) is 0 Å². The molecule has 0 saturated heterocycles. The van der Waals surface area contributed by atoms with Gasteiger partial charge in [-0.05, 0) is 38.8 Å². The van der Waals surface area contributed by atoms with Crippen molar-refractivity contribution >= 4 is 11.0 Å². The van der Waals surface area contributed by atoms with E-state index in [9.17, 15) is 4.39 Å². The Morgan fingerprint density at radius 3 is 2.79 bits per heavy atom. The molecule has 102 valence electrons. The molecule has 0 amide bonds. The fourth-order valence-electron chi connectivity index (χ4n) is 3.20. The summed E-state index contributed by atoms with van der Waals surface area (Å²) >= 11 is 0. The first-order valence-corrected chi connectivity index (χ1v) is 7.01. The van der Waals surface area contributed by atoms with Gasteiger partial charge in [-0.3, -0.25) is 0 Å². The number of imidazole rings is 1. The molecule has 19 heavy (non-hydrogen) atoms. The third-order valence-electron chi connectivity index (χ3n) is 4.10. The van der Waals surface area contributed by atoms with E-state index in [1.54, 1.807) is 0 Å². The Morgan fingerprint density at radius 2 is 2.16 bits per heavy atom. The number of halogens is 1. The van der Waals surface area contributed by atoms with E-state index in [2.05, 4.69) is 23.4 Å². The zero-order chi connectivity index (χ0) is 13.6. The van der Waals surface area contributed by atoms with Gasteiger partial charge in [0.2, 0.25) is 0 Å². The highest BCUT2D eigenvalue weighted by Gasteiger charge is 2.30. The molecule has 1 fully saturated rings. The van der Waals surface area contributed by atoms with Crippen LogP contribution in [0.1, 0.15) is 50.9 Å². The van der Waals surface area contributed by atoms with Crippen LogP contribution in [0, 0.1) is 5.82 Å². The summed E-state index contributed by atoms with van der Waals surface area (Å²) in [5.41, 5.74) is 7.95. The van der Waals surface area contributed by atoms with Gasteiger partial charge in [-0.25, -0.2) is 9.37 Å². The number of rotatable bonds is 2. The highest BCUT2D eigenvalue weighted by Crippen LogP contribution is 2.36. The third-order valence-corrected chi connectivity index (χ3v) is 4.10. The minimum atomic E-state index is -0.233. The minimum absolute atomic E-state index is 0.180. The molecule has 0 aliphatic heterocycles. The Balaban J connectivity index is 2.19. The summed E-state index contributed by atoms with van der Waals surface area (Å²) in [5, 5.41) is 0. The molecular formula is C15H20FN3. The molecule has 1 aliphatic carbocycles. The maximum Gasteiger partial charge on any atom is 0.125 e. The standard InChI is InChI=1S/C15H20FN3/c1-9(2)19-14-7-6-10(16)8-13(14)18-15(19)11-4-3-5-12(11)17/h6-9,11-12H,3-5,17H2,1-2H3. The molecule has 1 aromatic heterocycles. The van der Waals surface area contributed by atoms with Gasteiger partial charge in [-0.15, -0.1) is 0 Å². The van der Waals surface area contributed by atoms with E-state index in [0.717, 1.165) is 36.1 Å². The number of hydrogen-bond acceptors (Lipinski definition) is 2. The smallest absolute Gasteiger partial charge is 0.125 e. The Morgan fingerprint density at radius 1 is 1.37 bits per heavy atom. The van der Waals surface area contributed by atoms with Gasteiger partial charge in [0.15, 0.2) is 0 Å². The van der Waals surface area contributed by atoms with Crippen LogP contribution in [0.15, 0.2) is 18.2 Å². The highest BCUT2D eigenvalue weighted by atomic mass is 19.1. The van der Waals surface area contributed by atoms with Crippen molar-refractivity contribution in [3.63, 3.8) is 0 Å². The van der Waals surface area contributed by atoms with Crippen LogP contribution in [0.25, 0.3) is 11.0 Å². The lowest BCUT2D eigenvalue weighted by Gasteiger charge is -2.19. The topological polar surface area (TPSA) is 43.8 Å². The summed E-state index contributed by atoms with van der Waals surface area (Å²) in [6.45, 7) is 4.27. The van der Waals surface area contributed by atoms with Gasteiger partial charge in [0.25, 0.3) is 0 Å². The van der Waals surface area contributed by atoms with Crippen LogP contribution < -0.4 is 5.73 Å². The van der Waals surface area contributed by atoms with Crippen LogP contribution in [0.4, 0.5) is 4.39 Å². The molecule has 2 aromatic rings. The first-order chi connectivity index (χ1) is 9.08. The maximum absolute atomic E-state index is 13.4. The monoisotopic (exact) mass is 261 g/mol. The molecule has 3 rings (SSSR count). The number of hydrogen-bond donors (Lipinski definition) is 1. The molecule has 1 aromatic carbocycles. The molecule has 3 nitrogen and oxygen atoms in total. The largest absolute Gasteiger partial charge is 0.327 e. The summed E-state index contributed by atoms with van der Waals surface area (Å²) in [4.78, 5) is 4.67. The van der Waals surface area contributed by atoms with E-state index in [1.165, 1.54) is 12.1 Å². The normalized spacial score (nSPS) is 23.6. The Labute approximate surface area is 112 Å². The number of aromatic nitrogens is 2. The zero-order valence-corrected chi connectivity index (χ0v) is 11.4. The molecule has 1 aliphatic rings. The lowest BCUT2D eigenvalue weighted by Crippen LogP contribution is -2.25. The van der Waals surface area contributed by atoms with Gasteiger partial charge >= 0.3 is 0 Å².